The fourth-order valence-electron chi connectivity index (χ4n) is 1.66. The molecule has 2 rings (SSSR count). The third kappa shape index (κ3) is 4.28. The van der Waals surface area contributed by atoms with E-state index in [0.717, 1.165) is 5.56 Å². The van der Waals surface area contributed by atoms with Crippen molar-refractivity contribution < 1.29 is 9.53 Å². The Hall–Kier alpha value is -2.00. The fraction of sp³-hybridized carbons (Fsp3) is 0.188. The zero-order valence-electron chi connectivity index (χ0n) is 11.2. The minimum Gasteiger partial charge on any atom is -0.482 e. The Balaban J connectivity index is 1.78. The number of carbonyl (C=O) groups is 1. The van der Waals surface area contributed by atoms with Crippen molar-refractivity contribution >= 4 is 17.5 Å². The van der Waals surface area contributed by atoms with Gasteiger partial charge in [-0.05, 0) is 24.6 Å². The van der Waals surface area contributed by atoms with E-state index in [2.05, 4.69) is 5.32 Å². The van der Waals surface area contributed by atoms with Crippen molar-refractivity contribution in [3.8, 4) is 5.75 Å². The molecule has 104 valence electrons. The summed E-state index contributed by atoms with van der Waals surface area (Å²) in [5, 5.41) is 3.30. The lowest BCUT2D eigenvalue weighted by molar-refractivity contribution is -0.123. The van der Waals surface area contributed by atoms with Crippen LogP contribution in [0.1, 0.15) is 11.1 Å². The summed E-state index contributed by atoms with van der Waals surface area (Å²) in [7, 11) is 0. The van der Waals surface area contributed by atoms with Crippen LogP contribution in [0.4, 0.5) is 0 Å². The predicted octanol–water partition coefficient (Wildman–Crippen LogP) is 3.34. The Kier molecular flexibility index (Phi) is 5.02. The first kappa shape index (κ1) is 14.4. The number of halogens is 1. The quantitative estimate of drug-likeness (QED) is 0.917. The fourth-order valence-corrected chi connectivity index (χ4v) is 1.85. The maximum Gasteiger partial charge on any atom is 0.258 e. The Morgan fingerprint density at radius 3 is 2.55 bits per heavy atom. The normalized spacial score (nSPS) is 10.1. The Morgan fingerprint density at radius 2 is 1.85 bits per heavy atom. The van der Waals surface area contributed by atoms with Gasteiger partial charge in [0.05, 0.1) is 5.02 Å². The van der Waals surface area contributed by atoms with Crippen molar-refractivity contribution in [1.82, 2.24) is 5.32 Å². The molecular formula is C16H16ClNO2. The third-order valence-electron chi connectivity index (χ3n) is 2.81. The van der Waals surface area contributed by atoms with Crippen LogP contribution in [0.25, 0.3) is 0 Å². The number of aryl methyl sites for hydroxylation is 1. The van der Waals surface area contributed by atoms with Crippen LogP contribution in [0, 0.1) is 6.92 Å². The molecule has 0 bridgehead atoms. The van der Waals surface area contributed by atoms with Gasteiger partial charge in [-0.1, -0.05) is 53.6 Å². The number of carbonyl (C=O) groups excluding carboxylic acids is 1. The van der Waals surface area contributed by atoms with Crippen LogP contribution in [-0.2, 0) is 11.3 Å². The van der Waals surface area contributed by atoms with E-state index in [4.69, 9.17) is 16.3 Å². The summed E-state index contributed by atoms with van der Waals surface area (Å²) in [5.41, 5.74) is 2.25. The molecule has 20 heavy (non-hydrogen) atoms. The number of ether oxygens (including phenoxy) is 1. The highest BCUT2D eigenvalue weighted by Gasteiger charge is 2.05. The van der Waals surface area contributed by atoms with Gasteiger partial charge in [-0.3, -0.25) is 4.79 Å². The maximum absolute atomic E-state index is 11.7. The lowest BCUT2D eigenvalue weighted by Crippen LogP contribution is -2.28. The zero-order chi connectivity index (χ0) is 14.4. The second-order valence-electron chi connectivity index (χ2n) is 4.48. The monoisotopic (exact) mass is 289 g/mol. The SMILES string of the molecule is Cc1ccc(CNC(=O)COc2ccccc2Cl)cc1. The summed E-state index contributed by atoms with van der Waals surface area (Å²) in [6.45, 7) is 2.47. The molecule has 1 N–H and O–H groups in total. The van der Waals surface area contributed by atoms with Crippen LogP contribution < -0.4 is 10.1 Å². The number of hydrogen-bond donors (Lipinski definition) is 1. The molecule has 0 saturated carbocycles. The molecule has 4 heteroatoms. The lowest BCUT2D eigenvalue weighted by atomic mass is 10.1. The van der Waals surface area contributed by atoms with Crippen molar-refractivity contribution in [2.45, 2.75) is 13.5 Å². The van der Waals surface area contributed by atoms with Crippen LogP contribution in [0.15, 0.2) is 48.5 Å². The van der Waals surface area contributed by atoms with Gasteiger partial charge in [-0.25, -0.2) is 0 Å². The van der Waals surface area contributed by atoms with Crippen LogP contribution in [0.2, 0.25) is 5.02 Å². The van der Waals surface area contributed by atoms with Gasteiger partial charge in [-0.15, -0.1) is 0 Å². The topological polar surface area (TPSA) is 38.3 Å². The highest BCUT2D eigenvalue weighted by Crippen LogP contribution is 2.22. The molecule has 0 aromatic heterocycles. The van der Waals surface area contributed by atoms with E-state index in [1.807, 2.05) is 43.3 Å². The molecule has 0 fully saturated rings. The maximum atomic E-state index is 11.7. The average Bonchev–Trinajstić information content (AvgIpc) is 2.46. The molecule has 0 radical (unpaired) electrons. The van der Waals surface area contributed by atoms with Gasteiger partial charge in [0.2, 0.25) is 0 Å². The molecule has 0 spiro atoms. The summed E-state index contributed by atoms with van der Waals surface area (Å²) in [4.78, 5) is 11.7. The first-order valence-corrected chi connectivity index (χ1v) is 6.72. The van der Waals surface area contributed by atoms with Crippen molar-refractivity contribution in [2.75, 3.05) is 6.61 Å². The average molecular weight is 290 g/mol. The number of para-hydroxylation sites is 1. The molecular weight excluding hydrogens is 274 g/mol. The molecule has 2 aromatic carbocycles. The zero-order valence-corrected chi connectivity index (χ0v) is 12.0. The summed E-state index contributed by atoms with van der Waals surface area (Å²) in [6.07, 6.45) is 0. The van der Waals surface area contributed by atoms with Gasteiger partial charge in [0, 0.05) is 6.54 Å². The van der Waals surface area contributed by atoms with Crippen molar-refractivity contribution in [2.24, 2.45) is 0 Å². The summed E-state index contributed by atoms with van der Waals surface area (Å²) >= 11 is 5.94. The smallest absolute Gasteiger partial charge is 0.258 e. The molecule has 0 unspecified atom stereocenters. The predicted molar refractivity (Wildman–Crippen MR) is 80.0 cm³/mol. The highest BCUT2D eigenvalue weighted by atomic mass is 35.5. The van der Waals surface area contributed by atoms with E-state index in [1.54, 1.807) is 12.1 Å². The van der Waals surface area contributed by atoms with E-state index in [-0.39, 0.29) is 12.5 Å². The second kappa shape index (κ2) is 6.96. The number of benzene rings is 2. The Bertz CT molecular complexity index is 581. The van der Waals surface area contributed by atoms with Crippen molar-refractivity contribution in [3.05, 3.63) is 64.7 Å². The third-order valence-corrected chi connectivity index (χ3v) is 3.12. The van der Waals surface area contributed by atoms with E-state index in [0.29, 0.717) is 17.3 Å². The Morgan fingerprint density at radius 1 is 1.15 bits per heavy atom. The van der Waals surface area contributed by atoms with Crippen molar-refractivity contribution in [3.63, 3.8) is 0 Å². The van der Waals surface area contributed by atoms with Crippen LogP contribution in [0.5, 0.6) is 5.75 Å². The number of hydrogen-bond acceptors (Lipinski definition) is 2. The molecule has 0 aliphatic carbocycles. The van der Waals surface area contributed by atoms with E-state index in [1.165, 1.54) is 5.56 Å². The minimum absolute atomic E-state index is 0.0460. The number of rotatable bonds is 5. The molecule has 3 nitrogen and oxygen atoms in total. The molecule has 2 aromatic rings. The minimum atomic E-state index is -0.175. The lowest BCUT2D eigenvalue weighted by Gasteiger charge is -2.08. The molecule has 1 amide bonds. The van der Waals surface area contributed by atoms with E-state index < -0.39 is 0 Å². The molecule has 0 saturated heterocycles. The van der Waals surface area contributed by atoms with Gasteiger partial charge in [-0.2, -0.15) is 0 Å². The Labute approximate surface area is 123 Å². The highest BCUT2D eigenvalue weighted by molar-refractivity contribution is 6.32. The van der Waals surface area contributed by atoms with Gasteiger partial charge < -0.3 is 10.1 Å². The molecule has 0 heterocycles. The summed E-state index contributed by atoms with van der Waals surface area (Å²) in [6, 6.07) is 15.1. The first-order valence-electron chi connectivity index (χ1n) is 6.35. The van der Waals surface area contributed by atoms with E-state index >= 15 is 0 Å². The first-order chi connectivity index (χ1) is 9.65. The summed E-state index contributed by atoms with van der Waals surface area (Å²) < 4.78 is 5.36. The molecule has 0 atom stereocenters. The standard InChI is InChI=1S/C16H16ClNO2/c1-12-6-8-13(9-7-12)10-18-16(19)11-20-15-5-3-2-4-14(15)17/h2-9H,10-11H2,1H3,(H,18,19). The van der Waals surface area contributed by atoms with Gasteiger partial charge in [0.25, 0.3) is 5.91 Å². The van der Waals surface area contributed by atoms with Gasteiger partial charge >= 0.3 is 0 Å². The van der Waals surface area contributed by atoms with Crippen LogP contribution in [0.3, 0.4) is 0 Å². The van der Waals surface area contributed by atoms with Crippen LogP contribution in [-0.4, -0.2) is 12.5 Å². The largest absolute Gasteiger partial charge is 0.482 e. The summed E-state index contributed by atoms with van der Waals surface area (Å²) in [5.74, 6) is 0.338. The van der Waals surface area contributed by atoms with Gasteiger partial charge in [0.15, 0.2) is 6.61 Å². The van der Waals surface area contributed by atoms with E-state index in [9.17, 15) is 4.79 Å². The molecule has 0 aliphatic heterocycles. The second-order valence-corrected chi connectivity index (χ2v) is 4.89. The van der Waals surface area contributed by atoms with Crippen molar-refractivity contribution in [1.29, 1.82) is 0 Å². The van der Waals surface area contributed by atoms with Crippen LogP contribution >= 0.6 is 11.6 Å². The number of nitrogens with one attached hydrogen (secondary N) is 1. The molecule has 0 aliphatic rings. The number of amides is 1. The van der Waals surface area contributed by atoms with Gasteiger partial charge in [0.1, 0.15) is 5.75 Å².